The van der Waals surface area contributed by atoms with E-state index in [0.717, 1.165) is 0 Å². The van der Waals surface area contributed by atoms with Crippen molar-refractivity contribution in [3.8, 4) is 0 Å². The Labute approximate surface area is 88.5 Å². The van der Waals surface area contributed by atoms with E-state index in [-0.39, 0.29) is 6.04 Å². The molecule has 4 heteroatoms. The van der Waals surface area contributed by atoms with E-state index in [1.54, 1.807) is 18.2 Å². The van der Waals surface area contributed by atoms with Crippen molar-refractivity contribution in [2.75, 3.05) is 0 Å². The highest BCUT2D eigenvalue weighted by Gasteiger charge is 2.21. The van der Waals surface area contributed by atoms with Crippen LogP contribution < -0.4 is 11.1 Å². The Balaban J connectivity index is 2.99. The van der Waals surface area contributed by atoms with Gasteiger partial charge < -0.3 is 5.73 Å². The largest absolute Gasteiger partial charge is 0.368 e. The summed E-state index contributed by atoms with van der Waals surface area (Å²) in [5, 5.41) is 2.92. The number of carbonyl (C=O) groups is 1. The molecule has 1 aromatic carbocycles. The maximum Gasteiger partial charge on any atom is 0.239 e. The maximum absolute atomic E-state index is 13.4. The normalized spacial score (nSPS) is 12.8. The Morgan fingerprint density at radius 2 is 2.00 bits per heavy atom. The Morgan fingerprint density at radius 3 is 2.47 bits per heavy atom. The molecule has 1 atom stereocenters. The predicted octanol–water partition coefficient (Wildman–Crippen LogP) is 1.35. The number of hydrogen-bond acceptors (Lipinski definition) is 2. The van der Waals surface area contributed by atoms with Crippen molar-refractivity contribution in [1.29, 1.82) is 0 Å². The zero-order valence-corrected chi connectivity index (χ0v) is 8.83. The summed E-state index contributed by atoms with van der Waals surface area (Å²) < 4.78 is 13.4. The quantitative estimate of drug-likeness (QED) is 0.788. The fraction of sp³-hybridized carbons (Fsp3) is 0.364. The third-order valence-corrected chi connectivity index (χ3v) is 2.00. The van der Waals surface area contributed by atoms with Crippen molar-refractivity contribution in [1.82, 2.24) is 5.32 Å². The molecule has 3 N–H and O–H groups in total. The van der Waals surface area contributed by atoms with Crippen molar-refractivity contribution >= 4 is 5.91 Å². The van der Waals surface area contributed by atoms with E-state index < -0.39 is 17.8 Å². The van der Waals surface area contributed by atoms with Gasteiger partial charge in [-0.3, -0.25) is 10.1 Å². The lowest BCUT2D eigenvalue weighted by atomic mass is 10.1. The molecule has 1 rings (SSSR count). The molecule has 82 valence electrons. The fourth-order valence-corrected chi connectivity index (χ4v) is 1.37. The molecule has 1 amide bonds. The molecule has 0 aliphatic carbocycles. The van der Waals surface area contributed by atoms with Gasteiger partial charge in [0.05, 0.1) is 0 Å². The molecule has 1 aromatic rings. The van der Waals surface area contributed by atoms with Crippen LogP contribution in [-0.2, 0) is 4.79 Å². The molecule has 1 unspecified atom stereocenters. The summed E-state index contributed by atoms with van der Waals surface area (Å²) in [4.78, 5) is 11.2. The number of nitrogens with one attached hydrogen (secondary N) is 1. The second kappa shape index (κ2) is 4.89. The van der Waals surface area contributed by atoms with Gasteiger partial charge in [0.1, 0.15) is 11.9 Å². The van der Waals surface area contributed by atoms with E-state index in [2.05, 4.69) is 5.32 Å². The second-order valence-corrected chi connectivity index (χ2v) is 3.68. The molecule has 0 fully saturated rings. The van der Waals surface area contributed by atoms with Gasteiger partial charge in [-0.25, -0.2) is 4.39 Å². The summed E-state index contributed by atoms with van der Waals surface area (Å²) in [6.07, 6.45) is 0. The lowest BCUT2D eigenvalue weighted by molar-refractivity contribution is -0.120. The second-order valence-electron chi connectivity index (χ2n) is 3.68. The third-order valence-electron chi connectivity index (χ3n) is 2.00. The molecule has 15 heavy (non-hydrogen) atoms. The number of rotatable bonds is 4. The van der Waals surface area contributed by atoms with Crippen LogP contribution in [0.2, 0.25) is 0 Å². The Morgan fingerprint density at radius 1 is 1.40 bits per heavy atom. The summed E-state index contributed by atoms with van der Waals surface area (Å²) in [6.45, 7) is 3.74. The molecule has 0 aliphatic rings. The summed E-state index contributed by atoms with van der Waals surface area (Å²) in [5.41, 5.74) is 5.51. The minimum atomic E-state index is -0.772. The summed E-state index contributed by atoms with van der Waals surface area (Å²) >= 11 is 0. The zero-order valence-electron chi connectivity index (χ0n) is 8.83. The molecule has 0 aromatic heterocycles. The Kier molecular flexibility index (Phi) is 3.80. The monoisotopic (exact) mass is 210 g/mol. The van der Waals surface area contributed by atoms with Gasteiger partial charge >= 0.3 is 0 Å². The standard InChI is InChI=1S/C11H15FN2O/c1-7(2)14-10(11(13)15)8-5-3-4-6-9(8)12/h3-7,10,14H,1-2H3,(H2,13,15). The van der Waals surface area contributed by atoms with Crippen molar-refractivity contribution in [2.45, 2.75) is 25.9 Å². The number of benzene rings is 1. The molecule has 0 aliphatic heterocycles. The van der Waals surface area contributed by atoms with Gasteiger partial charge in [0, 0.05) is 11.6 Å². The van der Waals surface area contributed by atoms with Crippen LogP contribution in [0.15, 0.2) is 24.3 Å². The third kappa shape index (κ3) is 3.02. The van der Waals surface area contributed by atoms with Crippen molar-refractivity contribution in [3.63, 3.8) is 0 Å². The molecule has 0 saturated heterocycles. The highest BCUT2D eigenvalue weighted by molar-refractivity contribution is 5.81. The van der Waals surface area contributed by atoms with Crippen LogP contribution >= 0.6 is 0 Å². The van der Waals surface area contributed by atoms with Crippen LogP contribution in [-0.4, -0.2) is 11.9 Å². The highest BCUT2D eigenvalue weighted by atomic mass is 19.1. The van der Waals surface area contributed by atoms with Crippen molar-refractivity contribution < 1.29 is 9.18 Å². The first-order chi connectivity index (χ1) is 7.02. The van der Waals surface area contributed by atoms with Gasteiger partial charge in [-0.15, -0.1) is 0 Å². The van der Waals surface area contributed by atoms with E-state index in [4.69, 9.17) is 5.73 Å². The van der Waals surface area contributed by atoms with Gasteiger partial charge in [0.25, 0.3) is 0 Å². The molecule has 0 bridgehead atoms. The van der Waals surface area contributed by atoms with Gasteiger partial charge in [0.15, 0.2) is 0 Å². The summed E-state index contributed by atoms with van der Waals surface area (Å²) in [6, 6.07) is 5.41. The van der Waals surface area contributed by atoms with Gasteiger partial charge in [-0.05, 0) is 19.9 Å². The SMILES string of the molecule is CC(C)NC(C(N)=O)c1ccccc1F. The van der Waals surface area contributed by atoms with Crippen LogP contribution in [0.1, 0.15) is 25.5 Å². The average molecular weight is 210 g/mol. The van der Waals surface area contributed by atoms with Gasteiger partial charge in [-0.2, -0.15) is 0 Å². The van der Waals surface area contributed by atoms with Crippen LogP contribution in [0.3, 0.4) is 0 Å². The summed E-state index contributed by atoms with van der Waals surface area (Å²) in [7, 11) is 0. The van der Waals surface area contributed by atoms with Crippen LogP contribution in [0.5, 0.6) is 0 Å². The van der Waals surface area contributed by atoms with Crippen molar-refractivity contribution in [2.24, 2.45) is 5.73 Å². The summed E-state index contributed by atoms with van der Waals surface area (Å²) in [5.74, 6) is -0.997. The predicted molar refractivity (Wildman–Crippen MR) is 56.6 cm³/mol. The average Bonchev–Trinajstić information content (AvgIpc) is 2.15. The zero-order chi connectivity index (χ0) is 11.4. The fourth-order valence-electron chi connectivity index (χ4n) is 1.37. The van der Waals surface area contributed by atoms with Crippen LogP contribution in [0, 0.1) is 5.82 Å². The Hall–Kier alpha value is -1.42. The minimum Gasteiger partial charge on any atom is -0.368 e. The van der Waals surface area contributed by atoms with E-state index in [1.807, 2.05) is 13.8 Å². The molecule has 0 spiro atoms. The minimum absolute atomic E-state index is 0.0575. The van der Waals surface area contributed by atoms with E-state index in [0.29, 0.717) is 5.56 Å². The Bertz CT molecular complexity index is 352. The molecule has 0 radical (unpaired) electrons. The number of nitrogens with two attached hydrogens (primary N) is 1. The number of hydrogen-bond donors (Lipinski definition) is 2. The van der Waals surface area contributed by atoms with Gasteiger partial charge in [0.2, 0.25) is 5.91 Å². The number of halogens is 1. The number of carbonyl (C=O) groups excluding carboxylic acids is 1. The molecular weight excluding hydrogens is 195 g/mol. The van der Waals surface area contributed by atoms with E-state index in [1.165, 1.54) is 6.07 Å². The first-order valence-electron chi connectivity index (χ1n) is 4.82. The molecule has 0 saturated carbocycles. The van der Waals surface area contributed by atoms with E-state index >= 15 is 0 Å². The highest BCUT2D eigenvalue weighted by Crippen LogP contribution is 2.16. The first kappa shape index (κ1) is 11.7. The smallest absolute Gasteiger partial charge is 0.239 e. The lowest BCUT2D eigenvalue weighted by Gasteiger charge is -2.18. The molecule has 0 heterocycles. The van der Waals surface area contributed by atoms with Crippen LogP contribution in [0.4, 0.5) is 4.39 Å². The lowest BCUT2D eigenvalue weighted by Crippen LogP contribution is -2.37. The maximum atomic E-state index is 13.4. The number of amides is 1. The number of primary amides is 1. The van der Waals surface area contributed by atoms with E-state index in [9.17, 15) is 9.18 Å². The first-order valence-corrected chi connectivity index (χ1v) is 4.82. The topological polar surface area (TPSA) is 55.1 Å². The van der Waals surface area contributed by atoms with Gasteiger partial charge in [-0.1, -0.05) is 18.2 Å². The van der Waals surface area contributed by atoms with Crippen LogP contribution in [0.25, 0.3) is 0 Å². The van der Waals surface area contributed by atoms with Crippen molar-refractivity contribution in [3.05, 3.63) is 35.6 Å². The molecule has 3 nitrogen and oxygen atoms in total. The molecular formula is C11H15FN2O.